The molecule has 1 N–H and O–H groups in total. The third kappa shape index (κ3) is 5.77. The van der Waals surface area contributed by atoms with E-state index in [0.717, 1.165) is 25.9 Å². The number of hydrogen-bond donors (Lipinski definition) is 1. The Morgan fingerprint density at radius 3 is 2.30 bits per heavy atom. The molecule has 1 saturated heterocycles. The summed E-state index contributed by atoms with van der Waals surface area (Å²) in [6.07, 6.45) is 1.60. The highest BCUT2D eigenvalue weighted by molar-refractivity contribution is 5.68. The number of rotatable bonds is 4. The molecule has 0 aromatic heterocycles. The van der Waals surface area contributed by atoms with E-state index >= 15 is 0 Å². The molecule has 20 heavy (non-hydrogen) atoms. The molecule has 1 aliphatic heterocycles. The molecule has 1 heterocycles. The van der Waals surface area contributed by atoms with Gasteiger partial charge in [-0.25, -0.2) is 4.79 Å². The molecular weight excluding hydrogens is 260 g/mol. The Morgan fingerprint density at radius 1 is 1.30 bits per heavy atom. The zero-order valence-corrected chi connectivity index (χ0v) is 12.9. The van der Waals surface area contributed by atoms with Crippen molar-refractivity contribution < 1.29 is 19.4 Å². The van der Waals surface area contributed by atoms with Crippen LogP contribution in [0.15, 0.2) is 0 Å². The Hall–Kier alpha value is -1.30. The average molecular weight is 286 g/mol. The highest BCUT2D eigenvalue weighted by Gasteiger charge is 2.28. The van der Waals surface area contributed by atoms with Gasteiger partial charge in [0.15, 0.2) is 0 Å². The molecule has 1 amide bonds. The Labute approximate surface area is 120 Å². The third-order valence-electron chi connectivity index (χ3n) is 3.43. The van der Waals surface area contributed by atoms with Crippen LogP contribution in [0, 0.1) is 0 Å². The highest BCUT2D eigenvalue weighted by atomic mass is 16.6. The van der Waals surface area contributed by atoms with Crippen molar-refractivity contribution in [2.24, 2.45) is 0 Å². The molecule has 1 rings (SSSR count). The van der Waals surface area contributed by atoms with Crippen LogP contribution in [-0.2, 0) is 9.53 Å². The first kappa shape index (κ1) is 16.8. The van der Waals surface area contributed by atoms with E-state index in [4.69, 9.17) is 9.84 Å². The number of carboxylic acids is 1. The van der Waals surface area contributed by atoms with Gasteiger partial charge in [-0.05, 0) is 33.6 Å². The van der Waals surface area contributed by atoms with Gasteiger partial charge in [0.1, 0.15) is 5.60 Å². The van der Waals surface area contributed by atoms with E-state index in [1.807, 2.05) is 20.8 Å². The summed E-state index contributed by atoms with van der Waals surface area (Å²) < 4.78 is 5.35. The number of carbonyl (C=O) groups is 2. The van der Waals surface area contributed by atoms with Gasteiger partial charge in [-0.3, -0.25) is 4.79 Å². The Bertz CT molecular complexity index is 344. The van der Waals surface area contributed by atoms with Crippen LogP contribution in [0.1, 0.15) is 40.0 Å². The van der Waals surface area contributed by atoms with Crippen molar-refractivity contribution in [2.75, 3.05) is 26.7 Å². The lowest BCUT2D eigenvalue weighted by Crippen LogP contribution is -2.47. The molecule has 0 aromatic rings. The highest BCUT2D eigenvalue weighted by Crippen LogP contribution is 2.18. The Kier molecular flexibility index (Phi) is 5.80. The first-order valence-electron chi connectivity index (χ1n) is 7.09. The smallest absolute Gasteiger partial charge is 0.410 e. The van der Waals surface area contributed by atoms with Crippen molar-refractivity contribution in [3.8, 4) is 0 Å². The second-order valence-electron chi connectivity index (χ2n) is 6.31. The maximum Gasteiger partial charge on any atom is 0.410 e. The van der Waals surface area contributed by atoms with Gasteiger partial charge in [0.2, 0.25) is 0 Å². The second-order valence-corrected chi connectivity index (χ2v) is 6.31. The van der Waals surface area contributed by atoms with Crippen LogP contribution >= 0.6 is 0 Å². The van der Waals surface area contributed by atoms with E-state index in [0.29, 0.717) is 6.54 Å². The van der Waals surface area contributed by atoms with Crippen molar-refractivity contribution in [3.05, 3.63) is 0 Å². The zero-order valence-electron chi connectivity index (χ0n) is 12.9. The largest absolute Gasteiger partial charge is 0.481 e. The molecule has 6 heteroatoms. The van der Waals surface area contributed by atoms with Crippen molar-refractivity contribution in [1.29, 1.82) is 0 Å². The molecule has 0 saturated carbocycles. The molecule has 6 nitrogen and oxygen atoms in total. The van der Waals surface area contributed by atoms with E-state index in [1.165, 1.54) is 0 Å². The molecule has 0 atom stereocenters. The summed E-state index contributed by atoms with van der Waals surface area (Å²) in [5.74, 6) is -0.766. The summed E-state index contributed by atoms with van der Waals surface area (Å²) in [6.45, 7) is 7.79. The zero-order chi connectivity index (χ0) is 15.3. The number of amides is 1. The standard InChI is InChI=1S/C14H26N2O4/c1-14(2,3)20-13(19)15(4)11-5-8-16(9-6-11)10-7-12(17)18/h11H,5-10H2,1-4H3,(H,17,18). The maximum absolute atomic E-state index is 12.0. The number of aliphatic carboxylic acids is 1. The fraction of sp³-hybridized carbons (Fsp3) is 0.857. The number of nitrogens with zero attached hydrogens (tertiary/aromatic N) is 2. The quantitative estimate of drug-likeness (QED) is 0.853. The van der Waals surface area contributed by atoms with Crippen molar-refractivity contribution >= 4 is 12.1 Å². The number of hydrogen-bond acceptors (Lipinski definition) is 4. The summed E-state index contributed by atoms with van der Waals surface area (Å²) in [4.78, 5) is 26.3. The van der Waals surface area contributed by atoms with Crippen LogP contribution in [0.25, 0.3) is 0 Å². The molecule has 116 valence electrons. The Morgan fingerprint density at radius 2 is 1.85 bits per heavy atom. The summed E-state index contributed by atoms with van der Waals surface area (Å²) in [7, 11) is 1.77. The van der Waals surface area contributed by atoms with Gasteiger partial charge < -0.3 is 19.6 Å². The lowest BCUT2D eigenvalue weighted by Gasteiger charge is -2.37. The SMILES string of the molecule is CN(C(=O)OC(C)(C)C)C1CCN(CCC(=O)O)CC1. The first-order valence-corrected chi connectivity index (χ1v) is 7.09. The molecule has 1 fully saturated rings. The van der Waals surface area contributed by atoms with Crippen molar-refractivity contribution in [1.82, 2.24) is 9.80 Å². The van der Waals surface area contributed by atoms with Crippen LogP contribution in [0.5, 0.6) is 0 Å². The summed E-state index contributed by atoms with van der Waals surface area (Å²) in [6, 6.07) is 0.172. The van der Waals surface area contributed by atoms with Gasteiger partial charge in [-0.2, -0.15) is 0 Å². The van der Waals surface area contributed by atoms with Crippen LogP contribution < -0.4 is 0 Å². The van der Waals surface area contributed by atoms with Gasteiger partial charge >= 0.3 is 12.1 Å². The maximum atomic E-state index is 12.0. The molecule has 0 unspecified atom stereocenters. The minimum absolute atomic E-state index is 0.172. The number of carboxylic acid groups (broad SMARTS) is 1. The van der Waals surface area contributed by atoms with E-state index in [9.17, 15) is 9.59 Å². The number of ether oxygens (including phenoxy) is 1. The van der Waals surface area contributed by atoms with Crippen LogP contribution in [-0.4, -0.2) is 65.3 Å². The molecule has 0 bridgehead atoms. The fourth-order valence-electron chi connectivity index (χ4n) is 2.27. The monoisotopic (exact) mass is 286 g/mol. The van der Waals surface area contributed by atoms with E-state index in [1.54, 1.807) is 11.9 Å². The van der Waals surface area contributed by atoms with Crippen LogP contribution in [0.4, 0.5) is 4.79 Å². The van der Waals surface area contributed by atoms with Gasteiger partial charge in [-0.1, -0.05) is 0 Å². The minimum atomic E-state index is -0.766. The van der Waals surface area contributed by atoms with Crippen LogP contribution in [0.2, 0.25) is 0 Å². The predicted octanol–water partition coefficient (Wildman–Crippen LogP) is 1.79. The van der Waals surface area contributed by atoms with E-state index in [-0.39, 0.29) is 18.6 Å². The number of likely N-dealkylation sites (tertiary alicyclic amines) is 1. The normalized spacial score (nSPS) is 17.8. The lowest BCUT2D eigenvalue weighted by atomic mass is 10.0. The lowest BCUT2D eigenvalue weighted by molar-refractivity contribution is -0.137. The number of piperidine rings is 1. The molecule has 0 spiro atoms. The van der Waals surface area contributed by atoms with Crippen molar-refractivity contribution in [2.45, 2.75) is 51.7 Å². The van der Waals surface area contributed by atoms with Crippen molar-refractivity contribution in [3.63, 3.8) is 0 Å². The molecule has 0 aromatic carbocycles. The van der Waals surface area contributed by atoms with E-state index < -0.39 is 11.6 Å². The van der Waals surface area contributed by atoms with Crippen LogP contribution in [0.3, 0.4) is 0 Å². The summed E-state index contributed by atoms with van der Waals surface area (Å²) in [5.41, 5.74) is -0.479. The van der Waals surface area contributed by atoms with Gasteiger partial charge in [0.25, 0.3) is 0 Å². The Balaban J connectivity index is 2.37. The molecule has 0 radical (unpaired) electrons. The molecular formula is C14H26N2O4. The molecule has 1 aliphatic rings. The first-order chi connectivity index (χ1) is 9.19. The fourth-order valence-corrected chi connectivity index (χ4v) is 2.27. The third-order valence-corrected chi connectivity index (χ3v) is 3.43. The topological polar surface area (TPSA) is 70.1 Å². The summed E-state index contributed by atoms with van der Waals surface area (Å²) in [5, 5.41) is 8.67. The predicted molar refractivity (Wildman–Crippen MR) is 75.7 cm³/mol. The second kappa shape index (κ2) is 6.92. The van der Waals surface area contributed by atoms with Gasteiger partial charge in [-0.15, -0.1) is 0 Å². The summed E-state index contributed by atoms with van der Waals surface area (Å²) >= 11 is 0. The van der Waals surface area contributed by atoms with Gasteiger partial charge in [0, 0.05) is 32.7 Å². The van der Waals surface area contributed by atoms with Gasteiger partial charge in [0.05, 0.1) is 6.42 Å². The van der Waals surface area contributed by atoms with E-state index in [2.05, 4.69) is 4.90 Å². The average Bonchev–Trinajstić information content (AvgIpc) is 2.34. The minimum Gasteiger partial charge on any atom is -0.481 e. The number of carbonyl (C=O) groups excluding carboxylic acids is 1. The molecule has 0 aliphatic carbocycles.